The predicted molar refractivity (Wildman–Crippen MR) is 79.6 cm³/mol. The summed E-state index contributed by atoms with van der Waals surface area (Å²) in [5.74, 6) is 0.673. The number of hydrogen-bond acceptors (Lipinski definition) is 4. The van der Waals surface area contributed by atoms with E-state index in [1.807, 2.05) is 32.0 Å². The maximum atomic E-state index is 5.61. The molecule has 0 amide bonds. The molecule has 19 heavy (non-hydrogen) atoms. The van der Waals surface area contributed by atoms with E-state index in [4.69, 9.17) is 32.2 Å². The quantitative estimate of drug-likeness (QED) is 0.586. The van der Waals surface area contributed by atoms with Crippen LogP contribution in [0.3, 0.4) is 0 Å². The van der Waals surface area contributed by atoms with Crippen LogP contribution >= 0.6 is 12.2 Å². The molecule has 0 atom stereocenters. The van der Waals surface area contributed by atoms with Gasteiger partial charge in [0.1, 0.15) is 10.7 Å². The Morgan fingerprint density at radius 3 is 2.63 bits per heavy atom. The van der Waals surface area contributed by atoms with Gasteiger partial charge in [-0.1, -0.05) is 18.3 Å². The molecule has 0 bridgehead atoms. The van der Waals surface area contributed by atoms with Crippen molar-refractivity contribution < 1.29 is 14.2 Å². The second-order valence-corrected chi connectivity index (χ2v) is 4.81. The van der Waals surface area contributed by atoms with Gasteiger partial charge in [0.05, 0.1) is 38.6 Å². The number of benzene rings is 1. The Morgan fingerprint density at radius 1 is 1.32 bits per heavy atom. The summed E-state index contributed by atoms with van der Waals surface area (Å²) in [5.41, 5.74) is 7.37. The van der Waals surface area contributed by atoms with Crippen molar-refractivity contribution >= 4 is 17.2 Å². The first kappa shape index (κ1) is 15.9. The Balaban J connectivity index is 2.49. The van der Waals surface area contributed by atoms with Crippen LogP contribution in [-0.4, -0.2) is 31.4 Å². The molecular formula is C14H21NO3S. The summed E-state index contributed by atoms with van der Waals surface area (Å²) in [7, 11) is 1.60. The molecule has 2 N–H and O–H groups in total. The molecule has 0 spiro atoms. The van der Waals surface area contributed by atoms with Crippen molar-refractivity contribution in [3.63, 3.8) is 0 Å². The Hall–Kier alpha value is -1.17. The topological polar surface area (TPSA) is 53.7 Å². The number of rotatable bonds is 8. The lowest BCUT2D eigenvalue weighted by Gasteiger charge is -2.11. The van der Waals surface area contributed by atoms with Crippen LogP contribution in [0.2, 0.25) is 0 Å². The van der Waals surface area contributed by atoms with Gasteiger partial charge in [-0.3, -0.25) is 0 Å². The van der Waals surface area contributed by atoms with E-state index in [-0.39, 0.29) is 6.10 Å². The molecule has 1 rings (SSSR count). The molecule has 4 nitrogen and oxygen atoms in total. The number of methoxy groups -OCH3 is 1. The summed E-state index contributed by atoms with van der Waals surface area (Å²) in [4.78, 5) is 0.328. The highest BCUT2D eigenvalue weighted by Gasteiger charge is 2.06. The zero-order chi connectivity index (χ0) is 14.3. The fourth-order valence-electron chi connectivity index (χ4n) is 1.56. The van der Waals surface area contributed by atoms with Gasteiger partial charge >= 0.3 is 0 Å². The van der Waals surface area contributed by atoms with E-state index < -0.39 is 0 Å². The summed E-state index contributed by atoms with van der Waals surface area (Å²) in [6.07, 6.45) is 0.230. The molecule has 0 saturated carbocycles. The number of ether oxygens (including phenoxy) is 3. The number of nitrogens with two attached hydrogens (primary N) is 1. The van der Waals surface area contributed by atoms with Crippen LogP contribution in [0.5, 0.6) is 5.75 Å². The lowest BCUT2D eigenvalue weighted by molar-refractivity contribution is 0.0143. The van der Waals surface area contributed by atoms with Crippen LogP contribution < -0.4 is 10.5 Å². The van der Waals surface area contributed by atoms with E-state index in [1.54, 1.807) is 7.11 Å². The fourth-order valence-corrected chi connectivity index (χ4v) is 1.73. The fraction of sp³-hybridized carbons (Fsp3) is 0.500. The average molecular weight is 283 g/mol. The van der Waals surface area contributed by atoms with Gasteiger partial charge in [0.25, 0.3) is 0 Å². The Kier molecular flexibility index (Phi) is 6.77. The zero-order valence-corrected chi connectivity index (χ0v) is 12.5. The van der Waals surface area contributed by atoms with Crippen LogP contribution in [0, 0.1) is 0 Å². The summed E-state index contributed by atoms with van der Waals surface area (Å²) < 4.78 is 16.2. The molecule has 1 aromatic carbocycles. The Labute approximate surface area is 119 Å². The largest absolute Gasteiger partial charge is 0.496 e. The van der Waals surface area contributed by atoms with E-state index in [1.165, 1.54) is 0 Å². The molecule has 0 unspecified atom stereocenters. The minimum Gasteiger partial charge on any atom is -0.496 e. The van der Waals surface area contributed by atoms with Crippen LogP contribution in [0.1, 0.15) is 25.0 Å². The number of hydrogen-bond donors (Lipinski definition) is 1. The molecule has 0 radical (unpaired) electrons. The predicted octanol–water partition coefficient (Wildman–Crippen LogP) is 2.27. The standard InChI is InChI=1S/C14H21NO3S/c1-10(2)18-7-6-17-9-11-4-5-12(14(15)19)13(8-11)16-3/h4-5,8,10H,6-7,9H2,1-3H3,(H2,15,19). The highest BCUT2D eigenvalue weighted by atomic mass is 32.1. The van der Waals surface area contributed by atoms with Gasteiger partial charge < -0.3 is 19.9 Å². The van der Waals surface area contributed by atoms with E-state index in [9.17, 15) is 0 Å². The van der Waals surface area contributed by atoms with Gasteiger partial charge in [-0.25, -0.2) is 0 Å². The van der Waals surface area contributed by atoms with E-state index in [2.05, 4.69) is 0 Å². The third-order valence-corrected chi connectivity index (χ3v) is 2.70. The zero-order valence-electron chi connectivity index (χ0n) is 11.6. The first-order valence-corrected chi connectivity index (χ1v) is 6.61. The minimum absolute atomic E-state index is 0.230. The van der Waals surface area contributed by atoms with Crippen molar-refractivity contribution in [3.05, 3.63) is 29.3 Å². The van der Waals surface area contributed by atoms with Crippen molar-refractivity contribution in [2.75, 3.05) is 20.3 Å². The highest BCUT2D eigenvalue weighted by molar-refractivity contribution is 7.80. The Morgan fingerprint density at radius 2 is 2.05 bits per heavy atom. The van der Waals surface area contributed by atoms with Gasteiger partial charge in [0.15, 0.2) is 0 Å². The maximum absolute atomic E-state index is 5.61. The third-order valence-electron chi connectivity index (χ3n) is 2.48. The van der Waals surface area contributed by atoms with Gasteiger partial charge in [-0.2, -0.15) is 0 Å². The molecule has 5 heteroatoms. The lowest BCUT2D eigenvalue weighted by Crippen LogP contribution is -2.12. The minimum atomic E-state index is 0.230. The first-order chi connectivity index (χ1) is 9.04. The molecule has 0 aromatic heterocycles. The monoisotopic (exact) mass is 283 g/mol. The van der Waals surface area contributed by atoms with Gasteiger partial charge in [0.2, 0.25) is 0 Å². The van der Waals surface area contributed by atoms with E-state index in [0.29, 0.717) is 30.6 Å². The molecular weight excluding hydrogens is 262 g/mol. The Bertz CT molecular complexity index is 421. The van der Waals surface area contributed by atoms with Crippen molar-refractivity contribution in [1.29, 1.82) is 0 Å². The second kappa shape index (κ2) is 8.09. The summed E-state index contributed by atoms with van der Waals surface area (Å²) in [6, 6.07) is 5.67. The normalized spacial score (nSPS) is 10.7. The molecule has 0 aliphatic heterocycles. The molecule has 0 heterocycles. The summed E-state index contributed by atoms with van der Waals surface area (Å²) >= 11 is 4.96. The van der Waals surface area contributed by atoms with E-state index in [0.717, 1.165) is 11.1 Å². The van der Waals surface area contributed by atoms with Gasteiger partial charge in [-0.05, 0) is 31.5 Å². The first-order valence-electron chi connectivity index (χ1n) is 6.20. The van der Waals surface area contributed by atoms with Crippen molar-refractivity contribution in [3.8, 4) is 5.75 Å². The van der Waals surface area contributed by atoms with Crippen LogP contribution in [0.15, 0.2) is 18.2 Å². The molecule has 0 fully saturated rings. The van der Waals surface area contributed by atoms with Crippen LogP contribution in [0.25, 0.3) is 0 Å². The third kappa shape index (κ3) is 5.55. The van der Waals surface area contributed by atoms with Gasteiger partial charge in [-0.15, -0.1) is 0 Å². The maximum Gasteiger partial charge on any atom is 0.129 e. The molecule has 1 aromatic rings. The molecule has 106 valence electrons. The van der Waals surface area contributed by atoms with E-state index >= 15 is 0 Å². The second-order valence-electron chi connectivity index (χ2n) is 4.37. The van der Waals surface area contributed by atoms with Crippen molar-refractivity contribution in [2.24, 2.45) is 5.73 Å². The highest BCUT2D eigenvalue weighted by Crippen LogP contribution is 2.20. The number of thiocarbonyl (C=S) groups is 1. The van der Waals surface area contributed by atoms with Crippen molar-refractivity contribution in [1.82, 2.24) is 0 Å². The molecule has 0 saturated heterocycles. The lowest BCUT2D eigenvalue weighted by atomic mass is 10.1. The molecule has 0 aliphatic carbocycles. The van der Waals surface area contributed by atoms with Gasteiger partial charge in [0, 0.05) is 0 Å². The SMILES string of the molecule is COc1cc(COCCOC(C)C)ccc1C(N)=S. The summed E-state index contributed by atoms with van der Waals surface area (Å²) in [5, 5.41) is 0. The van der Waals surface area contributed by atoms with Crippen molar-refractivity contribution in [2.45, 2.75) is 26.6 Å². The smallest absolute Gasteiger partial charge is 0.129 e. The average Bonchev–Trinajstić information content (AvgIpc) is 2.37. The molecule has 0 aliphatic rings. The van der Waals surface area contributed by atoms with Crippen LogP contribution in [0.4, 0.5) is 0 Å². The summed E-state index contributed by atoms with van der Waals surface area (Å²) in [6.45, 7) is 5.67. The van der Waals surface area contributed by atoms with Crippen LogP contribution in [-0.2, 0) is 16.1 Å².